The lowest BCUT2D eigenvalue weighted by molar-refractivity contribution is -0.137. The number of nitrogens with one attached hydrogen (secondary N) is 1. The van der Waals surface area contributed by atoms with E-state index >= 15 is 0 Å². The molecular formula is C13H10F3N3S. The molecule has 0 bridgehead atoms. The predicted molar refractivity (Wildman–Crippen MR) is 70.5 cm³/mol. The lowest BCUT2D eigenvalue weighted by Crippen LogP contribution is -2.09. The highest BCUT2D eigenvalue weighted by Gasteiger charge is 2.33. The van der Waals surface area contributed by atoms with E-state index < -0.39 is 11.7 Å². The van der Waals surface area contributed by atoms with E-state index in [-0.39, 0.29) is 5.56 Å². The van der Waals surface area contributed by atoms with Gasteiger partial charge in [-0.05, 0) is 18.2 Å². The Labute approximate surface area is 117 Å². The van der Waals surface area contributed by atoms with Crippen LogP contribution in [0, 0.1) is 11.3 Å². The molecule has 0 atom stereocenters. The summed E-state index contributed by atoms with van der Waals surface area (Å²) in [5.74, 6) is 0. The molecule has 0 saturated carbocycles. The Balaban J connectivity index is 2.05. The molecule has 2 aromatic rings. The van der Waals surface area contributed by atoms with Crippen molar-refractivity contribution in [2.45, 2.75) is 12.6 Å². The minimum atomic E-state index is -4.51. The molecule has 2 rings (SSSR count). The van der Waals surface area contributed by atoms with Crippen LogP contribution in [0.5, 0.6) is 0 Å². The molecule has 104 valence electrons. The Kier molecular flexibility index (Phi) is 4.25. The van der Waals surface area contributed by atoms with E-state index in [0.717, 1.165) is 11.8 Å². The van der Waals surface area contributed by atoms with Crippen molar-refractivity contribution in [2.75, 3.05) is 11.9 Å². The van der Waals surface area contributed by atoms with Crippen LogP contribution >= 0.6 is 11.3 Å². The van der Waals surface area contributed by atoms with Crippen LogP contribution in [-0.4, -0.2) is 11.5 Å². The van der Waals surface area contributed by atoms with Gasteiger partial charge in [0.15, 0.2) is 0 Å². The molecule has 0 aliphatic heterocycles. The Morgan fingerprint density at radius 3 is 2.75 bits per heavy atom. The van der Waals surface area contributed by atoms with Gasteiger partial charge in [0.05, 0.1) is 28.4 Å². The van der Waals surface area contributed by atoms with Crippen LogP contribution < -0.4 is 5.32 Å². The lowest BCUT2D eigenvalue weighted by Gasteiger charge is -2.11. The number of nitrogens with zero attached hydrogens (tertiary/aromatic N) is 2. The Hall–Kier alpha value is -2.07. The van der Waals surface area contributed by atoms with Gasteiger partial charge in [0.2, 0.25) is 0 Å². The van der Waals surface area contributed by atoms with Gasteiger partial charge in [0.1, 0.15) is 0 Å². The van der Waals surface area contributed by atoms with Crippen LogP contribution in [-0.2, 0) is 12.6 Å². The fourth-order valence-corrected chi connectivity index (χ4v) is 2.28. The van der Waals surface area contributed by atoms with Crippen LogP contribution in [0.15, 0.2) is 29.1 Å². The first-order valence-corrected chi connectivity index (χ1v) is 6.67. The van der Waals surface area contributed by atoms with Gasteiger partial charge in [0, 0.05) is 24.0 Å². The molecule has 0 amide bonds. The zero-order chi connectivity index (χ0) is 14.6. The third kappa shape index (κ3) is 3.48. The molecule has 0 aliphatic carbocycles. The summed E-state index contributed by atoms with van der Waals surface area (Å²) in [4.78, 5) is 4.10. The molecular weight excluding hydrogens is 287 g/mol. The zero-order valence-corrected chi connectivity index (χ0v) is 11.1. The van der Waals surface area contributed by atoms with Crippen molar-refractivity contribution in [1.29, 1.82) is 5.26 Å². The van der Waals surface area contributed by atoms with Crippen molar-refractivity contribution in [2.24, 2.45) is 0 Å². The van der Waals surface area contributed by atoms with E-state index in [1.807, 2.05) is 5.38 Å². The van der Waals surface area contributed by atoms with Crippen molar-refractivity contribution in [3.8, 4) is 6.07 Å². The SMILES string of the molecule is N#Cc1cc(NCCc2cscn2)ccc1C(F)(F)F. The molecule has 7 heteroatoms. The fraction of sp³-hybridized carbons (Fsp3) is 0.231. The summed E-state index contributed by atoms with van der Waals surface area (Å²) in [6, 6.07) is 5.03. The first-order valence-electron chi connectivity index (χ1n) is 5.73. The summed E-state index contributed by atoms with van der Waals surface area (Å²) in [5.41, 5.74) is 1.85. The highest BCUT2D eigenvalue weighted by atomic mass is 32.1. The lowest BCUT2D eigenvalue weighted by atomic mass is 10.1. The smallest absolute Gasteiger partial charge is 0.385 e. The molecule has 0 unspecified atom stereocenters. The van der Waals surface area contributed by atoms with Crippen molar-refractivity contribution in [3.63, 3.8) is 0 Å². The normalized spacial score (nSPS) is 11.1. The second-order valence-electron chi connectivity index (χ2n) is 4.03. The number of rotatable bonds is 4. The number of alkyl halides is 3. The van der Waals surface area contributed by atoms with Gasteiger partial charge in [-0.25, -0.2) is 4.98 Å². The van der Waals surface area contributed by atoms with E-state index in [1.54, 1.807) is 11.6 Å². The third-order valence-corrected chi connectivity index (χ3v) is 3.27. The molecule has 1 heterocycles. The molecule has 1 N–H and O–H groups in total. The minimum Gasteiger partial charge on any atom is -0.385 e. The molecule has 0 saturated heterocycles. The molecule has 0 aliphatic rings. The summed E-state index contributed by atoms with van der Waals surface area (Å²) < 4.78 is 37.9. The van der Waals surface area contributed by atoms with Crippen LogP contribution in [0.4, 0.5) is 18.9 Å². The molecule has 0 radical (unpaired) electrons. The van der Waals surface area contributed by atoms with Gasteiger partial charge in [-0.3, -0.25) is 0 Å². The van der Waals surface area contributed by atoms with Crippen LogP contribution in [0.25, 0.3) is 0 Å². The molecule has 0 spiro atoms. The average molecular weight is 297 g/mol. The minimum absolute atomic E-state index is 0.379. The van der Waals surface area contributed by atoms with Gasteiger partial charge in [0.25, 0.3) is 0 Å². The molecule has 0 fully saturated rings. The topological polar surface area (TPSA) is 48.7 Å². The van der Waals surface area contributed by atoms with Gasteiger partial charge < -0.3 is 5.32 Å². The number of halogens is 3. The van der Waals surface area contributed by atoms with Crippen molar-refractivity contribution < 1.29 is 13.2 Å². The Bertz CT molecular complexity index is 615. The quantitative estimate of drug-likeness (QED) is 0.936. The van der Waals surface area contributed by atoms with Crippen LogP contribution in [0.3, 0.4) is 0 Å². The largest absolute Gasteiger partial charge is 0.417 e. The summed E-state index contributed by atoms with van der Waals surface area (Å²) in [6.45, 7) is 0.542. The zero-order valence-electron chi connectivity index (χ0n) is 10.2. The summed E-state index contributed by atoms with van der Waals surface area (Å²) >= 11 is 1.49. The van der Waals surface area contributed by atoms with Crippen molar-refractivity contribution >= 4 is 17.0 Å². The number of benzene rings is 1. The monoisotopic (exact) mass is 297 g/mol. The standard InChI is InChI=1S/C13H10F3N3S/c14-13(15,16)12-2-1-10(5-9(12)6-17)18-4-3-11-7-20-8-19-11/h1-2,5,7-8,18H,3-4H2. The first kappa shape index (κ1) is 14.3. The second-order valence-corrected chi connectivity index (χ2v) is 4.75. The predicted octanol–water partition coefficient (Wildman–Crippen LogP) is 3.69. The van der Waals surface area contributed by atoms with Gasteiger partial charge >= 0.3 is 6.18 Å². The number of anilines is 1. The summed E-state index contributed by atoms with van der Waals surface area (Å²) in [6.07, 6.45) is -3.84. The van der Waals surface area contributed by atoms with Crippen LogP contribution in [0.1, 0.15) is 16.8 Å². The number of hydrogen-bond donors (Lipinski definition) is 1. The van der Waals surface area contributed by atoms with E-state index in [2.05, 4.69) is 10.3 Å². The van der Waals surface area contributed by atoms with Gasteiger partial charge in [-0.1, -0.05) is 0 Å². The second kappa shape index (κ2) is 5.92. The molecule has 1 aromatic heterocycles. The van der Waals surface area contributed by atoms with Crippen molar-refractivity contribution in [1.82, 2.24) is 4.98 Å². The fourth-order valence-electron chi connectivity index (χ4n) is 1.69. The highest BCUT2D eigenvalue weighted by Crippen LogP contribution is 2.32. The van der Waals surface area contributed by atoms with E-state index in [1.165, 1.54) is 23.5 Å². The summed E-state index contributed by atoms with van der Waals surface area (Å²) in [5, 5.41) is 13.7. The van der Waals surface area contributed by atoms with Gasteiger partial charge in [-0.2, -0.15) is 18.4 Å². The number of nitriles is 1. The average Bonchev–Trinajstić information content (AvgIpc) is 2.90. The summed E-state index contributed by atoms with van der Waals surface area (Å²) in [7, 11) is 0. The molecule has 1 aromatic carbocycles. The van der Waals surface area contributed by atoms with E-state index in [4.69, 9.17) is 5.26 Å². The van der Waals surface area contributed by atoms with Crippen molar-refractivity contribution in [3.05, 3.63) is 45.9 Å². The third-order valence-electron chi connectivity index (χ3n) is 2.64. The Morgan fingerprint density at radius 1 is 1.35 bits per heavy atom. The Morgan fingerprint density at radius 2 is 2.15 bits per heavy atom. The molecule has 20 heavy (non-hydrogen) atoms. The highest BCUT2D eigenvalue weighted by molar-refractivity contribution is 7.07. The number of thiazole rings is 1. The van der Waals surface area contributed by atoms with Crippen LogP contribution in [0.2, 0.25) is 0 Å². The van der Waals surface area contributed by atoms with E-state index in [9.17, 15) is 13.2 Å². The first-order chi connectivity index (χ1) is 9.50. The number of aromatic nitrogens is 1. The maximum Gasteiger partial charge on any atom is 0.417 e. The maximum absolute atomic E-state index is 12.6. The maximum atomic E-state index is 12.6. The molecule has 3 nitrogen and oxygen atoms in total. The van der Waals surface area contributed by atoms with E-state index in [0.29, 0.717) is 18.7 Å². The van der Waals surface area contributed by atoms with Gasteiger partial charge in [-0.15, -0.1) is 11.3 Å². The number of hydrogen-bond acceptors (Lipinski definition) is 4.